The molecule has 0 saturated carbocycles. The summed E-state index contributed by atoms with van der Waals surface area (Å²) in [5.41, 5.74) is 9.77. The van der Waals surface area contributed by atoms with E-state index in [-0.39, 0.29) is 0 Å². The van der Waals surface area contributed by atoms with Crippen molar-refractivity contribution in [1.82, 2.24) is 15.0 Å². The number of nitrogens with zero attached hydrogens (tertiary/aromatic N) is 5. The Morgan fingerprint density at radius 1 is 0.651 bits per heavy atom. The van der Waals surface area contributed by atoms with Crippen LogP contribution in [0.2, 0.25) is 0 Å². The molecule has 0 saturated heterocycles. The van der Waals surface area contributed by atoms with Gasteiger partial charge in [-0.1, -0.05) is 56.2 Å². The van der Waals surface area contributed by atoms with Crippen molar-refractivity contribution >= 4 is 42.3 Å². The SMILES string of the molecule is CCN(CC)c1nc(N(CC)CC)nc([P+]2=C(c3c(C)cc(C)cc3C)P(F)(C(C)(C)C)=C2c2c(C)cc(C)cc2C)n1. The van der Waals surface area contributed by atoms with E-state index in [2.05, 4.69) is 124 Å². The smallest absolute Gasteiger partial charge is 0.341 e. The van der Waals surface area contributed by atoms with E-state index in [4.69, 9.17) is 15.0 Å². The molecule has 0 radical (unpaired) electrons. The zero-order chi connectivity index (χ0) is 32.0. The number of rotatable bonds is 9. The summed E-state index contributed by atoms with van der Waals surface area (Å²) in [7, 11) is -4.64. The van der Waals surface area contributed by atoms with Gasteiger partial charge >= 0.3 is 5.57 Å². The van der Waals surface area contributed by atoms with Gasteiger partial charge in [0.15, 0.2) is 17.3 Å². The van der Waals surface area contributed by atoms with Crippen molar-refractivity contribution in [1.29, 1.82) is 0 Å². The molecule has 0 bridgehead atoms. The van der Waals surface area contributed by atoms with Crippen molar-refractivity contribution in [2.75, 3.05) is 36.0 Å². The highest BCUT2D eigenvalue weighted by molar-refractivity contribution is 8.21. The van der Waals surface area contributed by atoms with Gasteiger partial charge in [-0.05, 0) is 91.5 Å². The minimum Gasteiger partial charge on any atom is -0.341 e. The van der Waals surface area contributed by atoms with Crippen LogP contribution >= 0.6 is 14.7 Å². The third-order valence-electron chi connectivity index (χ3n) is 8.63. The largest absolute Gasteiger partial charge is 0.347 e. The molecule has 2 aromatic carbocycles. The van der Waals surface area contributed by atoms with Crippen molar-refractivity contribution in [3.05, 3.63) is 68.8 Å². The highest BCUT2D eigenvalue weighted by Crippen LogP contribution is 2.77. The van der Waals surface area contributed by atoms with Crippen LogP contribution in [0.4, 0.5) is 16.1 Å². The second-order valence-corrected chi connectivity index (χ2v) is 19.0. The molecule has 0 spiro atoms. The minimum absolute atomic E-state index is 0.583. The first kappa shape index (κ1) is 33.3. The molecule has 4 rings (SSSR count). The average Bonchev–Trinajstić information content (AvgIpc) is 2.90. The fourth-order valence-electron chi connectivity index (χ4n) is 6.59. The normalized spacial score (nSPS) is 17.8. The number of aromatic nitrogens is 3. The first-order chi connectivity index (χ1) is 20.1. The third kappa shape index (κ3) is 5.71. The maximum Gasteiger partial charge on any atom is 0.347 e. The van der Waals surface area contributed by atoms with Crippen molar-refractivity contribution in [2.24, 2.45) is 0 Å². The molecule has 1 aromatic heterocycles. The minimum atomic E-state index is -3.32. The van der Waals surface area contributed by atoms with Crippen molar-refractivity contribution in [2.45, 2.75) is 95.2 Å². The summed E-state index contributed by atoms with van der Waals surface area (Å²) < 4.78 is 18.7. The molecule has 1 aliphatic heterocycles. The van der Waals surface area contributed by atoms with Crippen LogP contribution < -0.4 is 15.4 Å². The van der Waals surface area contributed by atoms with Crippen LogP contribution in [-0.4, -0.2) is 56.4 Å². The monoisotopic (exact) mass is 622 g/mol. The molecular formula is C35H51FN5P2+. The number of hydrogen-bond acceptors (Lipinski definition) is 5. The van der Waals surface area contributed by atoms with Crippen molar-refractivity contribution < 1.29 is 4.20 Å². The fourth-order valence-corrected chi connectivity index (χ4v) is 16.5. The summed E-state index contributed by atoms with van der Waals surface area (Å²) >= 11 is 0. The Bertz CT molecular complexity index is 1570. The first-order valence-electron chi connectivity index (χ1n) is 15.7. The third-order valence-corrected chi connectivity index (χ3v) is 16.8. The van der Waals surface area contributed by atoms with Gasteiger partial charge in [0, 0.05) is 42.5 Å². The molecule has 2 atom stereocenters. The highest BCUT2D eigenvalue weighted by Gasteiger charge is 2.62. The van der Waals surface area contributed by atoms with E-state index < -0.39 is 19.9 Å². The van der Waals surface area contributed by atoms with E-state index in [9.17, 15) is 0 Å². The second kappa shape index (κ2) is 12.4. The fraction of sp³-hybridized carbons (Fsp3) is 0.514. The van der Waals surface area contributed by atoms with Gasteiger partial charge in [-0.2, -0.15) is 15.0 Å². The average molecular weight is 623 g/mol. The van der Waals surface area contributed by atoms with Crippen LogP contribution in [0.1, 0.15) is 93.0 Å². The lowest BCUT2D eigenvalue weighted by Gasteiger charge is -2.38. The molecule has 0 amide bonds. The Labute approximate surface area is 260 Å². The summed E-state index contributed by atoms with van der Waals surface area (Å²) in [6.07, 6.45) is 0. The van der Waals surface area contributed by atoms with Crippen LogP contribution in [0, 0.1) is 41.5 Å². The lowest BCUT2D eigenvalue weighted by molar-refractivity contribution is 0.727. The van der Waals surface area contributed by atoms with E-state index in [1.807, 2.05) is 0 Å². The van der Waals surface area contributed by atoms with Gasteiger partial charge in [0.05, 0.1) is 0 Å². The van der Waals surface area contributed by atoms with Crippen LogP contribution in [-0.2, 0) is 0 Å². The molecule has 2 heterocycles. The standard InChI is InChI=1S/C35H51FN5P2/c1-14-40(15-2)32-37-33(41(16-3)17-4)39-34(38-32)42-30(28-24(7)18-22(5)19-25(28)8)43(36,35(11,12)13)31(42)29-26(9)20-23(6)21-27(29)10/h18-21H,14-17H2,1-13H3/q+1. The Kier molecular flexibility index (Phi) is 9.65. The zero-order valence-corrected chi connectivity index (χ0v) is 30.4. The number of anilines is 2. The quantitative estimate of drug-likeness (QED) is 0.224. The summed E-state index contributed by atoms with van der Waals surface area (Å²) in [5.74, 6) is 1.36. The summed E-state index contributed by atoms with van der Waals surface area (Å²) in [6, 6.07) is 8.80. The molecule has 0 fully saturated rings. The van der Waals surface area contributed by atoms with Crippen molar-refractivity contribution in [3.8, 4) is 0 Å². The van der Waals surface area contributed by atoms with E-state index in [0.29, 0.717) is 11.9 Å². The number of halogens is 1. The number of aryl methyl sites for hydroxylation is 6. The number of hydrogen-bond donors (Lipinski definition) is 0. The predicted molar refractivity (Wildman–Crippen MR) is 191 cm³/mol. The molecule has 0 aliphatic carbocycles. The molecule has 3 aromatic rings. The molecule has 2 unspecified atom stereocenters. The Balaban J connectivity index is 2.24. The van der Waals surface area contributed by atoms with E-state index in [1.165, 1.54) is 11.1 Å². The summed E-state index contributed by atoms with van der Waals surface area (Å²) in [4.78, 5) is 19.8. The Hall–Kier alpha value is -2.55. The first-order valence-corrected chi connectivity index (χ1v) is 18.7. The van der Waals surface area contributed by atoms with Crippen LogP contribution in [0.25, 0.3) is 0 Å². The zero-order valence-electron chi connectivity index (χ0n) is 28.6. The van der Waals surface area contributed by atoms with Gasteiger partial charge in [0.1, 0.15) is 0 Å². The molecular weight excluding hydrogens is 571 g/mol. The maximum absolute atomic E-state index is 18.7. The van der Waals surface area contributed by atoms with Crippen LogP contribution in [0.15, 0.2) is 24.3 Å². The van der Waals surface area contributed by atoms with Gasteiger partial charge in [-0.25, -0.2) is 4.20 Å². The molecule has 0 N–H and O–H groups in total. The molecule has 43 heavy (non-hydrogen) atoms. The lowest BCUT2D eigenvalue weighted by atomic mass is 10.0. The van der Waals surface area contributed by atoms with Crippen LogP contribution in [0.3, 0.4) is 0 Å². The molecule has 232 valence electrons. The predicted octanol–water partition coefficient (Wildman–Crippen LogP) is 8.59. The van der Waals surface area contributed by atoms with Gasteiger partial charge in [-0.3, -0.25) is 0 Å². The maximum atomic E-state index is 18.7. The van der Waals surface area contributed by atoms with E-state index in [0.717, 1.165) is 75.2 Å². The van der Waals surface area contributed by atoms with Gasteiger partial charge in [-0.15, -0.1) is 0 Å². The Morgan fingerprint density at radius 2 is 1.02 bits per heavy atom. The van der Waals surface area contributed by atoms with Gasteiger partial charge in [0.2, 0.25) is 19.4 Å². The second-order valence-electron chi connectivity index (χ2n) is 12.9. The van der Waals surface area contributed by atoms with Crippen LogP contribution in [0.5, 0.6) is 0 Å². The van der Waals surface area contributed by atoms with E-state index in [1.54, 1.807) is 0 Å². The molecule has 1 aliphatic rings. The van der Waals surface area contributed by atoms with Gasteiger partial charge in [0.25, 0.3) is 0 Å². The summed E-state index contributed by atoms with van der Waals surface area (Å²) in [6.45, 7) is 30.7. The van der Waals surface area contributed by atoms with E-state index >= 15 is 4.20 Å². The number of benzene rings is 2. The highest BCUT2D eigenvalue weighted by atomic mass is 31.2. The summed E-state index contributed by atoms with van der Waals surface area (Å²) in [5, 5.41) is 1.31. The Morgan fingerprint density at radius 3 is 1.37 bits per heavy atom. The molecule has 8 heteroatoms. The lowest BCUT2D eigenvalue weighted by Crippen LogP contribution is -2.37. The topological polar surface area (TPSA) is 45.2 Å². The van der Waals surface area contributed by atoms with Crippen molar-refractivity contribution in [3.63, 3.8) is 0 Å². The van der Waals surface area contributed by atoms with Gasteiger partial charge < -0.3 is 9.80 Å². The molecule has 5 nitrogen and oxygen atoms in total.